The molecule has 10 heteroatoms. The number of nitrogens with zero attached hydrogens (tertiary/aromatic N) is 6. The van der Waals surface area contributed by atoms with Gasteiger partial charge in [-0.3, -0.25) is 4.79 Å². The molecule has 0 aromatic carbocycles. The van der Waals surface area contributed by atoms with E-state index in [0.717, 1.165) is 98.5 Å². The summed E-state index contributed by atoms with van der Waals surface area (Å²) in [6.07, 6.45) is 8.02. The molecule has 6 heterocycles. The van der Waals surface area contributed by atoms with Gasteiger partial charge in [-0.05, 0) is 69.6 Å². The fourth-order valence-electron chi connectivity index (χ4n) is 7.06. The smallest absolute Gasteiger partial charge is 0.255 e. The van der Waals surface area contributed by atoms with Gasteiger partial charge in [0.15, 0.2) is 11.5 Å². The quantitative estimate of drug-likeness (QED) is 0.391. The van der Waals surface area contributed by atoms with Crippen LogP contribution in [0.4, 0.5) is 0 Å². The number of piperidine rings is 1. The molecular formula is C30H37N7O3. The molecule has 1 unspecified atom stereocenters. The van der Waals surface area contributed by atoms with Crippen LogP contribution in [-0.2, 0) is 17.8 Å². The Morgan fingerprint density at radius 3 is 2.80 bits per heavy atom. The molecule has 4 aromatic rings. The molecule has 2 N–H and O–H groups in total. The number of carbonyl (C=O) groups excluding carboxylic acids is 1. The molecule has 3 fully saturated rings. The molecule has 1 saturated carbocycles. The van der Waals surface area contributed by atoms with Crippen LogP contribution < -0.4 is 10.5 Å². The van der Waals surface area contributed by atoms with E-state index in [2.05, 4.69) is 22.1 Å². The third kappa shape index (κ3) is 4.25. The standard InChI is InChI=1S/C30H37N7O3/c1-3-36-24(13-20-7-8-25(39-2)34-26(20)36)28-33-23-12-21(29(38)35-10-4-6-22(31)18-35)16-32-27(23)37(28)17-19-14-30(15-19)9-5-11-40-30/h7-8,12-13,16,19,22H,3-6,9-11,14-15,17-18,31H2,1-2H3. The summed E-state index contributed by atoms with van der Waals surface area (Å²) in [5, 5.41) is 1.03. The van der Waals surface area contributed by atoms with E-state index in [1.807, 2.05) is 23.1 Å². The molecule has 1 amide bonds. The predicted molar refractivity (Wildman–Crippen MR) is 152 cm³/mol. The van der Waals surface area contributed by atoms with Crippen LogP contribution in [0, 0.1) is 5.92 Å². The van der Waals surface area contributed by atoms with Crippen molar-refractivity contribution in [2.24, 2.45) is 11.7 Å². The Bertz CT molecular complexity index is 1580. The number of methoxy groups -OCH3 is 1. The molecule has 7 rings (SSSR count). The predicted octanol–water partition coefficient (Wildman–Crippen LogP) is 4.00. The molecule has 2 saturated heterocycles. The Hall–Kier alpha value is -3.50. The van der Waals surface area contributed by atoms with Crippen molar-refractivity contribution in [3.05, 3.63) is 36.0 Å². The normalized spacial score (nSPS) is 24.7. The van der Waals surface area contributed by atoms with Gasteiger partial charge in [-0.15, -0.1) is 0 Å². The summed E-state index contributed by atoms with van der Waals surface area (Å²) < 4.78 is 15.9. The van der Waals surface area contributed by atoms with Crippen molar-refractivity contribution in [1.29, 1.82) is 0 Å². The maximum Gasteiger partial charge on any atom is 0.255 e. The third-order valence-electron chi connectivity index (χ3n) is 9.00. The molecular weight excluding hydrogens is 506 g/mol. The van der Waals surface area contributed by atoms with Crippen molar-refractivity contribution in [3.63, 3.8) is 0 Å². The number of imidazole rings is 1. The number of hydrogen-bond acceptors (Lipinski definition) is 7. The van der Waals surface area contributed by atoms with Crippen molar-refractivity contribution in [2.75, 3.05) is 26.8 Å². The van der Waals surface area contributed by atoms with Gasteiger partial charge in [0.1, 0.15) is 11.2 Å². The molecule has 10 nitrogen and oxygen atoms in total. The summed E-state index contributed by atoms with van der Waals surface area (Å²) in [5.41, 5.74) is 10.2. The highest BCUT2D eigenvalue weighted by molar-refractivity contribution is 5.97. The summed E-state index contributed by atoms with van der Waals surface area (Å²) in [6.45, 7) is 5.83. The van der Waals surface area contributed by atoms with Gasteiger partial charge in [-0.1, -0.05) is 0 Å². The van der Waals surface area contributed by atoms with Crippen molar-refractivity contribution < 1.29 is 14.3 Å². The van der Waals surface area contributed by atoms with Crippen molar-refractivity contribution in [2.45, 2.75) is 70.2 Å². The molecule has 1 aliphatic carbocycles. The maximum atomic E-state index is 13.4. The molecule has 2 aliphatic heterocycles. The highest BCUT2D eigenvalue weighted by Crippen LogP contribution is 2.48. The first-order chi connectivity index (χ1) is 19.5. The third-order valence-corrected chi connectivity index (χ3v) is 9.00. The molecule has 1 atom stereocenters. The fraction of sp³-hybridized carbons (Fsp3) is 0.533. The van der Waals surface area contributed by atoms with E-state index in [1.54, 1.807) is 13.3 Å². The number of likely N-dealkylation sites (tertiary alicyclic amines) is 1. The topological polar surface area (TPSA) is 113 Å². The largest absolute Gasteiger partial charge is 0.481 e. The minimum Gasteiger partial charge on any atom is -0.481 e. The zero-order valence-electron chi connectivity index (χ0n) is 23.3. The monoisotopic (exact) mass is 543 g/mol. The fourth-order valence-corrected chi connectivity index (χ4v) is 7.06. The SMILES string of the molecule is CCn1c(-c2nc3cc(C(=O)N4CCCC(N)C4)cnc3n2CC2CC3(CCCO3)C2)cc2ccc(OC)nc21. The van der Waals surface area contributed by atoms with E-state index in [4.69, 9.17) is 30.2 Å². The van der Waals surface area contributed by atoms with Crippen molar-refractivity contribution in [1.82, 2.24) is 29.0 Å². The lowest BCUT2D eigenvalue weighted by Gasteiger charge is -2.44. The van der Waals surface area contributed by atoms with Crippen LogP contribution in [0.15, 0.2) is 30.5 Å². The highest BCUT2D eigenvalue weighted by Gasteiger charge is 2.47. The van der Waals surface area contributed by atoms with E-state index < -0.39 is 0 Å². The molecule has 1 spiro atoms. The van der Waals surface area contributed by atoms with E-state index in [1.165, 1.54) is 0 Å². The Kier molecular flexibility index (Phi) is 6.27. The number of ether oxygens (including phenoxy) is 2. The number of aryl methyl sites for hydroxylation is 1. The summed E-state index contributed by atoms with van der Waals surface area (Å²) in [7, 11) is 1.63. The summed E-state index contributed by atoms with van der Waals surface area (Å²) in [6, 6.07) is 7.99. The van der Waals surface area contributed by atoms with E-state index in [0.29, 0.717) is 23.9 Å². The first-order valence-corrected chi connectivity index (χ1v) is 14.6. The summed E-state index contributed by atoms with van der Waals surface area (Å²) >= 11 is 0. The first-order valence-electron chi connectivity index (χ1n) is 14.6. The van der Waals surface area contributed by atoms with Crippen LogP contribution in [0.2, 0.25) is 0 Å². The summed E-state index contributed by atoms with van der Waals surface area (Å²) in [4.78, 5) is 29.9. The number of aromatic nitrogens is 5. The molecule has 0 radical (unpaired) electrons. The number of hydrogen-bond donors (Lipinski definition) is 1. The van der Waals surface area contributed by atoms with Crippen LogP contribution in [0.25, 0.3) is 33.7 Å². The molecule has 4 aromatic heterocycles. The zero-order valence-corrected chi connectivity index (χ0v) is 23.3. The maximum absolute atomic E-state index is 13.4. The van der Waals surface area contributed by atoms with Gasteiger partial charge < -0.3 is 29.2 Å². The zero-order chi connectivity index (χ0) is 27.4. The average Bonchev–Trinajstić information content (AvgIpc) is 3.67. The molecule has 3 aliphatic rings. The van der Waals surface area contributed by atoms with Crippen molar-refractivity contribution in [3.8, 4) is 17.4 Å². The van der Waals surface area contributed by atoms with E-state index >= 15 is 0 Å². The molecule has 40 heavy (non-hydrogen) atoms. The van der Waals surface area contributed by atoms with Crippen LogP contribution >= 0.6 is 0 Å². The number of pyridine rings is 2. The number of nitrogens with two attached hydrogens (primary N) is 1. The average molecular weight is 544 g/mol. The van der Waals surface area contributed by atoms with Gasteiger partial charge in [0.2, 0.25) is 5.88 Å². The van der Waals surface area contributed by atoms with Crippen molar-refractivity contribution >= 4 is 28.1 Å². The Labute approximate surface area is 233 Å². The van der Waals surface area contributed by atoms with E-state index in [-0.39, 0.29) is 17.6 Å². The molecule has 0 bridgehead atoms. The summed E-state index contributed by atoms with van der Waals surface area (Å²) in [5.74, 6) is 1.89. The van der Waals surface area contributed by atoms with Gasteiger partial charge in [0.25, 0.3) is 5.91 Å². The first kappa shape index (κ1) is 25.5. The number of fused-ring (bicyclic) bond motifs is 2. The second-order valence-electron chi connectivity index (χ2n) is 11.7. The lowest BCUT2D eigenvalue weighted by atomic mass is 9.69. The lowest BCUT2D eigenvalue weighted by Crippen LogP contribution is -2.45. The van der Waals surface area contributed by atoms with Gasteiger partial charge in [0.05, 0.1) is 24.0 Å². The van der Waals surface area contributed by atoms with Crippen LogP contribution in [-0.4, -0.2) is 73.3 Å². The number of carbonyl (C=O) groups is 1. The minimum absolute atomic E-state index is 0.0259. The Morgan fingerprint density at radius 1 is 1.18 bits per heavy atom. The number of rotatable bonds is 6. The van der Waals surface area contributed by atoms with Gasteiger partial charge in [-0.25, -0.2) is 9.97 Å². The van der Waals surface area contributed by atoms with Gasteiger partial charge >= 0.3 is 0 Å². The second kappa shape index (κ2) is 9.85. The number of amides is 1. The highest BCUT2D eigenvalue weighted by atomic mass is 16.5. The van der Waals surface area contributed by atoms with Crippen LogP contribution in [0.3, 0.4) is 0 Å². The lowest BCUT2D eigenvalue weighted by molar-refractivity contribution is -0.0939. The van der Waals surface area contributed by atoms with Crippen LogP contribution in [0.1, 0.15) is 55.8 Å². The van der Waals surface area contributed by atoms with Gasteiger partial charge in [0, 0.05) is 56.5 Å². The molecule has 210 valence electrons. The van der Waals surface area contributed by atoms with Gasteiger partial charge in [-0.2, -0.15) is 4.98 Å². The van der Waals surface area contributed by atoms with E-state index in [9.17, 15) is 4.79 Å². The Balaban J connectivity index is 1.30. The Morgan fingerprint density at radius 2 is 2.05 bits per heavy atom. The van der Waals surface area contributed by atoms with Crippen LogP contribution in [0.5, 0.6) is 5.88 Å². The minimum atomic E-state index is -0.0288. The second-order valence-corrected chi connectivity index (χ2v) is 11.7.